The molecule has 1 atom stereocenters. The molecule has 0 aromatic carbocycles. The summed E-state index contributed by atoms with van der Waals surface area (Å²) < 4.78 is 16.9. The van der Waals surface area contributed by atoms with Gasteiger partial charge in [-0.05, 0) is 37.9 Å². The number of furan rings is 1. The first kappa shape index (κ1) is 13.6. The molecule has 1 aliphatic rings. The molecule has 1 aliphatic heterocycles. The molecular formula is C14H23NO3. The number of ether oxygens (including phenoxy) is 2. The van der Waals surface area contributed by atoms with Crippen LogP contribution in [-0.4, -0.2) is 25.9 Å². The zero-order valence-electron chi connectivity index (χ0n) is 11.3. The van der Waals surface area contributed by atoms with E-state index in [4.69, 9.17) is 13.9 Å². The van der Waals surface area contributed by atoms with Crippen LogP contribution in [0.25, 0.3) is 0 Å². The van der Waals surface area contributed by atoms with E-state index in [1.165, 1.54) is 5.56 Å². The summed E-state index contributed by atoms with van der Waals surface area (Å²) >= 11 is 0. The van der Waals surface area contributed by atoms with E-state index in [0.29, 0.717) is 13.2 Å². The van der Waals surface area contributed by atoms with Crippen molar-refractivity contribution in [1.82, 2.24) is 5.32 Å². The second-order valence-electron chi connectivity index (χ2n) is 4.75. The predicted octanol–water partition coefficient (Wildman–Crippen LogP) is 2.39. The Labute approximate surface area is 109 Å². The van der Waals surface area contributed by atoms with Crippen LogP contribution in [0.3, 0.4) is 0 Å². The van der Waals surface area contributed by atoms with Crippen LogP contribution in [0.15, 0.2) is 10.5 Å². The van der Waals surface area contributed by atoms with Crippen LogP contribution in [0.5, 0.6) is 0 Å². The van der Waals surface area contributed by atoms with Gasteiger partial charge in [-0.2, -0.15) is 0 Å². The molecule has 18 heavy (non-hydrogen) atoms. The van der Waals surface area contributed by atoms with Gasteiger partial charge >= 0.3 is 0 Å². The molecule has 0 aliphatic carbocycles. The quantitative estimate of drug-likeness (QED) is 0.810. The zero-order chi connectivity index (χ0) is 12.8. The maximum atomic E-state index is 5.75. The molecule has 4 heteroatoms. The van der Waals surface area contributed by atoms with E-state index >= 15 is 0 Å². The van der Waals surface area contributed by atoms with Crippen molar-refractivity contribution in [2.75, 3.05) is 19.8 Å². The number of nitrogens with one attached hydrogen (secondary N) is 1. The Morgan fingerprint density at radius 2 is 2.39 bits per heavy atom. The molecule has 0 amide bonds. The van der Waals surface area contributed by atoms with E-state index in [-0.39, 0.29) is 6.10 Å². The lowest BCUT2D eigenvalue weighted by Crippen LogP contribution is -2.13. The fourth-order valence-electron chi connectivity index (χ4n) is 2.14. The molecule has 1 fully saturated rings. The lowest BCUT2D eigenvalue weighted by atomic mass is 10.2. The molecule has 1 aromatic rings. The van der Waals surface area contributed by atoms with Gasteiger partial charge in [-0.25, -0.2) is 0 Å². The second-order valence-corrected chi connectivity index (χ2v) is 4.75. The summed E-state index contributed by atoms with van der Waals surface area (Å²) in [5.74, 6) is 1.91. The van der Waals surface area contributed by atoms with Crippen LogP contribution in [0, 0.1) is 6.92 Å². The summed E-state index contributed by atoms with van der Waals surface area (Å²) in [5.41, 5.74) is 1.19. The first-order chi connectivity index (χ1) is 8.79. The number of hydrogen-bond acceptors (Lipinski definition) is 4. The summed E-state index contributed by atoms with van der Waals surface area (Å²) in [6, 6.07) is 2.06. The second kappa shape index (κ2) is 6.92. The van der Waals surface area contributed by atoms with E-state index in [1.807, 2.05) is 0 Å². The Kier molecular flexibility index (Phi) is 5.23. The van der Waals surface area contributed by atoms with E-state index < -0.39 is 0 Å². The summed E-state index contributed by atoms with van der Waals surface area (Å²) in [7, 11) is 0. The summed E-state index contributed by atoms with van der Waals surface area (Å²) in [4.78, 5) is 0. The Bertz CT molecular complexity index is 356. The van der Waals surface area contributed by atoms with Crippen molar-refractivity contribution in [2.24, 2.45) is 0 Å². The summed E-state index contributed by atoms with van der Waals surface area (Å²) in [5, 5.41) is 3.26. The van der Waals surface area contributed by atoms with Crippen LogP contribution in [0.1, 0.15) is 36.8 Å². The highest BCUT2D eigenvalue weighted by atomic mass is 16.5. The van der Waals surface area contributed by atoms with Gasteiger partial charge in [-0.1, -0.05) is 6.92 Å². The molecular weight excluding hydrogens is 230 g/mol. The third kappa shape index (κ3) is 3.83. The molecule has 0 bridgehead atoms. The molecule has 1 N–H and O–H groups in total. The van der Waals surface area contributed by atoms with E-state index in [9.17, 15) is 0 Å². The van der Waals surface area contributed by atoms with Crippen LogP contribution in [0.2, 0.25) is 0 Å². The van der Waals surface area contributed by atoms with Crippen molar-refractivity contribution in [1.29, 1.82) is 0 Å². The Hall–Kier alpha value is -0.840. The number of hydrogen-bond donors (Lipinski definition) is 1. The van der Waals surface area contributed by atoms with Crippen molar-refractivity contribution < 1.29 is 13.9 Å². The van der Waals surface area contributed by atoms with Gasteiger partial charge in [0, 0.05) is 6.61 Å². The van der Waals surface area contributed by atoms with Crippen LogP contribution in [0.4, 0.5) is 0 Å². The average molecular weight is 253 g/mol. The first-order valence-corrected chi connectivity index (χ1v) is 6.78. The minimum absolute atomic E-state index is 0.280. The third-order valence-corrected chi connectivity index (χ3v) is 3.18. The highest BCUT2D eigenvalue weighted by Crippen LogP contribution is 2.17. The number of rotatable bonds is 7. The van der Waals surface area contributed by atoms with Gasteiger partial charge in [-0.3, -0.25) is 0 Å². The molecule has 2 rings (SSSR count). The van der Waals surface area contributed by atoms with Gasteiger partial charge in [0.15, 0.2) is 0 Å². The molecule has 1 aromatic heterocycles. The fourth-order valence-corrected chi connectivity index (χ4v) is 2.14. The van der Waals surface area contributed by atoms with Gasteiger partial charge < -0.3 is 19.2 Å². The molecule has 0 radical (unpaired) electrons. The maximum Gasteiger partial charge on any atom is 0.130 e. The third-order valence-electron chi connectivity index (χ3n) is 3.18. The SMILES string of the molecule is CCNCc1oc(COCC2CCCO2)cc1C. The molecule has 4 nitrogen and oxygen atoms in total. The Balaban J connectivity index is 1.74. The summed E-state index contributed by atoms with van der Waals surface area (Å²) in [6.45, 7) is 7.97. The number of aryl methyl sites for hydroxylation is 1. The lowest BCUT2D eigenvalue weighted by Gasteiger charge is -2.08. The van der Waals surface area contributed by atoms with Gasteiger partial charge in [-0.15, -0.1) is 0 Å². The molecule has 2 heterocycles. The molecule has 1 unspecified atom stereocenters. The lowest BCUT2D eigenvalue weighted by molar-refractivity contribution is 0.00557. The Morgan fingerprint density at radius 1 is 1.50 bits per heavy atom. The smallest absolute Gasteiger partial charge is 0.130 e. The minimum Gasteiger partial charge on any atom is -0.462 e. The molecule has 1 saturated heterocycles. The van der Waals surface area contributed by atoms with Gasteiger partial charge in [0.05, 0.1) is 19.3 Å². The van der Waals surface area contributed by atoms with Crippen LogP contribution < -0.4 is 5.32 Å². The fraction of sp³-hybridized carbons (Fsp3) is 0.714. The maximum absolute atomic E-state index is 5.75. The van der Waals surface area contributed by atoms with Gasteiger partial charge in [0.2, 0.25) is 0 Å². The van der Waals surface area contributed by atoms with E-state index in [2.05, 4.69) is 25.2 Å². The van der Waals surface area contributed by atoms with Crippen LogP contribution in [-0.2, 0) is 22.6 Å². The van der Waals surface area contributed by atoms with Gasteiger partial charge in [0.25, 0.3) is 0 Å². The highest BCUT2D eigenvalue weighted by Gasteiger charge is 2.15. The highest BCUT2D eigenvalue weighted by molar-refractivity contribution is 5.19. The molecule has 0 spiro atoms. The van der Waals surface area contributed by atoms with E-state index in [1.54, 1.807) is 0 Å². The van der Waals surface area contributed by atoms with Crippen molar-refractivity contribution in [3.63, 3.8) is 0 Å². The minimum atomic E-state index is 0.280. The molecule has 0 saturated carbocycles. The van der Waals surface area contributed by atoms with E-state index in [0.717, 1.165) is 44.1 Å². The van der Waals surface area contributed by atoms with Crippen molar-refractivity contribution in [3.8, 4) is 0 Å². The van der Waals surface area contributed by atoms with Gasteiger partial charge in [0.1, 0.15) is 18.1 Å². The predicted molar refractivity (Wildman–Crippen MR) is 69.5 cm³/mol. The van der Waals surface area contributed by atoms with Crippen molar-refractivity contribution in [3.05, 3.63) is 23.2 Å². The summed E-state index contributed by atoms with van der Waals surface area (Å²) in [6.07, 6.45) is 2.55. The average Bonchev–Trinajstić information content (AvgIpc) is 2.97. The normalized spacial score (nSPS) is 19.6. The standard InChI is InChI=1S/C14H23NO3/c1-3-15-8-14-11(2)7-13(18-14)10-16-9-12-5-4-6-17-12/h7,12,15H,3-6,8-10H2,1-2H3. The largest absolute Gasteiger partial charge is 0.462 e. The topological polar surface area (TPSA) is 43.6 Å². The van der Waals surface area contributed by atoms with Crippen molar-refractivity contribution >= 4 is 0 Å². The first-order valence-electron chi connectivity index (χ1n) is 6.78. The molecule has 102 valence electrons. The monoisotopic (exact) mass is 253 g/mol. The van der Waals surface area contributed by atoms with Crippen LogP contribution >= 0.6 is 0 Å². The zero-order valence-corrected chi connectivity index (χ0v) is 11.3. The van der Waals surface area contributed by atoms with Crippen molar-refractivity contribution in [2.45, 2.75) is 45.9 Å². The Morgan fingerprint density at radius 3 is 3.11 bits per heavy atom.